The van der Waals surface area contributed by atoms with Gasteiger partial charge in [0.05, 0.1) is 0 Å². The van der Waals surface area contributed by atoms with E-state index in [1.165, 1.54) is 0 Å². The maximum absolute atomic E-state index is 13.1. The first-order chi connectivity index (χ1) is 11.1. The number of rotatable bonds is 3. The highest BCUT2D eigenvalue weighted by atomic mass is 31.1. The molecule has 1 unspecified atom stereocenters. The zero-order valence-corrected chi connectivity index (χ0v) is 12.7. The molecule has 4 rings (SSSR count). The van der Waals surface area contributed by atoms with E-state index in [-0.39, 0.29) is 5.60 Å². The van der Waals surface area contributed by atoms with E-state index in [0.29, 0.717) is 11.1 Å². The summed E-state index contributed by atoms with van der Waals surface area (Å²) in [6.45, 7) is 0. The van der Waals surface area contributed by atoms with Gasteiger partial charge in [-0.1, -0.05) is 65.2 Å². The summed E-state index contributed by atoms with van der Waals surface area (Å²) in [5, 5.41) is 2.75. The molecule has 1 fully saturated rings. The summed E-state index contributed by atoms with van der Waals surface area (Å²) < 4.78 is 4.78. The molecule has 0 bridgehead atoms. The van der Waals surface area contributed by atoms with Gasteiger partial charge < -0.3 is 10.2 Å². The van der Waals surface area contributed by atoms with E-state index in [1.807, 2.05) is 12.1 Å². The third-order valence-corrected chi connectivity index (χ3v) is 4.69. The minimum Gasteiger partial charge on any atom is -0.599 e. The van der Waals surface area contributed by atoms with Crippen LogP contribution in [0.3, 0.4) is 0 Å². The van der Waals surface area contributed by atoms with Crippen LogP contribution in [0.5, 0.6) is 0 Å². The van der Waals surface area contributed by atoms with Crippen LogP contribution in [0.25, 0.3) is 0 Å². The topological polar surface area (TPSA) is 85.0 Å². The van der Waals surface area contributed by atoms with Gasteiger partial charge in [-0.2, -0.15) is 4.90 Å². The predicted octanol–water partition coefficient (Wildman–Crippen LogP) is 1.27. The lowest BCUT2D eigenvalue weighted by Crippen LogP contribution is -2.45. The lowest BCUT2D eigenvalue weighted by Gasteiger charge is -2.27. The van der Waals surface area contributed by atoms with E-state index in [0.717, 1.165) is 4.90 Å². The number of nitrogens with one attached hydrogen (secondary N) is 1. The summed E-state index contributed by atoms with van der Waals surface area (Å²) in [6.07, 6.45) is 0. The molecule has 0 saturated carbocycles. The Morgan fingerprint density at radius 1 is 0.957 bits per heavy atom. The van der Waals surface area contributed by atoms with Crippen LogP contribution in [0, 0.1) is 0 Å². The molecule has 0 radical (unpaired) electrons. The van der Waals surface area contributed by atoms with Crippen molar-refractivity contribution < 1.29 is 19.0 Å². The molecule has 1 atom stereocenters. The third-order valence-electron chi connectivity index (χ3n) is 3.91. The molecule has 0 aliphatic carbocycles. The van der Waals surface area contributed by atoms with Crippen LogP contribution < -0.4 is 10.2 Å². The molecule has 0 spiro atoms. The molecule has 1 saturated heterocycles. The molecule has 0 aromatic heterocycles. The highest BCUT2D eigenvalue weighted by Crippen LogP contribution is 2.42. The van der Waals surface area contributed by atoms with Crippen molar-refractivity contribution in [2.45, 2.75) is 5.54 Å². The molecule has 6 nitrogen and oxygen atoms in total. The lowest BCUT2D eigenvalue weighted by molar-refractivity contribution is -0.159. The van der Waals surface area contributed by atoms with E-state index in [9.17, 15) is 14.5 Å². The molecule has 7 heteroatoms. The first kappa shape index (κ1) is 14.1. The first-order valence-electron chi connectivity index (χ1n) is 6.94. The maximum atomic E-state index is 13.1. The Bertz CT molecular complexity index is 796. The van der Waals surface area contributed by atoms with E-state index in [1.54, 1.807) is 48.5 Å². The molecule has 2 aliphatic heterocycles. The summed E-state index contributed by atoms with van der Waals surface area (Å²) in [5.74, 6) is -0.518. The molecule has 1 N–H and O–H groups in total. The van der Waals surface area contributed by atoms with Gasteiger partial charge in [0.15, 0.2) is 5.54 Å². The Hall–Kier alpha value is -2.53. The fourth-order valence-electron chi connectivity index (χ4n) is 2.81. The molecule has 2 aromatic rings. The van der Waals surface area contributed by atoms with Crippen molar-refractivity contribution >= 4 is 25.5 Å². The SMILES string of the molecule is O=C1NC(c2ccccc2)(c2ccccc2)C(=O)N1C1=[P+]([O-])O1. The van der Waals surface area contributed by atoms with E-state index < -0.39 is 25.5 Å². The lowest BCUT2D eigenvalue weighted by atomic mass is 9.83. The number of amides is 3. The second-order valence-corrected chi connectivity index (χ2v) is 6.26. The largest absolute Gasteiger partial charge is 0.599 e. The average molecular weight is 326 g/mol. The quantitative estimate of drug-likeness (QED) is 0.680. The normalized spacial score (nSPS) is 20.7. The van der Waals surface area contributed by atoms with Crippen molar-refractivity contribution in [1.29, 1.82) is 0 Å². The van der Waals surface area contributed by atoms with Crippen LogP contribution in [0.1, 0.15) is 11.1 Å². The van der Waals surface area contributed by atoms with Crippen molar-refractivity contribution in [2.24, 2.45) is 0 Å². The number of hydrogen-bond acceptors (Lipinski definition) is 4. The van der Waals surface area contributed by atoms with Gasteiger partial charge in [-0.05, 0) is 11.1 Å². The number of nitrogens with zero attached hydrogens (tertiary/aromatic N) is 1. The third kappa shape index (κ3) is 2.00. The second-order valence-electron chi connectivity index (χ2n) is 5.18. The Balaban J connectivity index is 1.92. The van der Waals surface area contributed by atoms with Crippen molar-refractivity contribution in [3.05, 3.63) is 71.8 Å². The molecular weight excluding hydrogens is 315 g/mol. The van der Waals surface area contributed by atoms with Gasteiger partial charge in [0.2, 0.25) is 0 Å². The van der Waals surface area contributed by atoms with Crippen LogP contribution in [0.2, 0.25) is 0 Å². The number of carbonyl (C=O) groups is 2. The Morgan fingerprint density at radius 2 is 1.43 bits per heavy atom. The fraction of sp³-hybridized carbons (Fsp3) is 0.0625. The van der Waals surface area contributed by atoms with E-state index in [2.05, 4.69) is 5.32 Å². The molecule has 2 aliphatic rings. The van der Waals surface area contributed by atoms with Crippen LogP contribution in [-0.4, -0.2) is 22.4 Å². The van der Waals surface area contributed by atoms with Crippen LogP contribution >= 0.6 is 8.00 Å². The summed E-state index contributed by atoms with van der Waals surface area (Å²) in [5.41, 5.74) is -0.183. The standard InChI is InChI=1S/C16H11N2O4P/c19-13-16(11-7-3-1-4-8-11,12-9-5-2-6-10-12)17-14(20)18(13)15-22-23(15)21/h1-10H,(H,17,20). The second kappa shape index (κ2) is 4.99. The molecule has 23 heavy (non-hydrogen) atoms. The van der Waals surface area contributed by atoms with Gasteiger partial charge >= 0.3 is 11.6 Å². The smallest absolute Gasteiger partial charge is 0.413 e. The zero-order valence-electron chi connectivity index (χ0n) is 11.8. The summed E-state index contributed by atoms with van der Waals surface area (Å²) in [6, 6.07) is 17.3. The van der Waals surface area contributed by atoms with E-state index in [4.69, 9.17) is 4.52 Å². The fourth-order valence-corrected chi connectivity index (χ4v) is 3.45. The van der Waals surface area contributed by atoms with Crippen LogP contribution in [0.4, 0.5) is 4.79 Å². The van der Waals surface area contributed by atoms with Gasteiger partial charge in [0.25, 0.3) is 13.9 Å². The van der Waals surface area contributed by atoms with Gasteiger partial charge in [-0.3, -0.25) is 4.79 Å². The monoisotopic (exact) mass is 326 g/mol. The average Bonchev–Trinajstić information content (AvgIpc) is 3.23. The van der Waals surface area contributed by atoms with Crippen molar-refractivity contribution in [3.8, 4) is 0 Å². The molecule has 114 valence electrons. The maximum Gasteiger partial charge on any atom is 0.413 e. The highest BCUT2D eigenvalue weighted by Gasteiger charge is 2.60. The number of benzene rings is 2. The van der Waals surface area contributed by atoms with Crippen molar-refractivity contribution in [1.82, 2.24) is 10.2 Å². The van der Waals surface area contributed by atoms with Crippen LogP contribution in [-0.2, 0) is 14.9 Å². The molecule has 2 heterocycles. The van der Waals surface area contributed by atoms with Crippen molar-refractivity contribution in [2.75, 3.05) is 0 Å². The van der Waals surface area contributed by atoms with Gasteiger partial charge in [-0.25, -0.2) is 4.79 Å². The highest BCUT2D eigenvalue weighted by molar-refractivity contribution is 7.55. The molecular formula is C16H11N2O4P. The Labute approximate surface area is 132 Å². The van der Waals surface area contributed by atoms with Crippen molar-refractivity contribution in [3.63, 3.8) is 0 Å². The Kier molecular flexibility index (Phi) is 3.06. The predicted molar refractivity (Wildman–Crippen MR) is 82.1 cm³/mol. The summed E-state index contributed by atoms with van der Waals surface area (Å²) in [4.78, 5) is 37.6. The van der Waals surface area contributed by atoms with Crippen LogP contribution in [0.15, 0.2) is 60.7 Å². The summed E-state index contributed by atoms with van der Waals surface area (Å²) >= 11 is 0. The number of hydrogen-bond donors (Lipinski definition) is 1. The molecule has 2 aromatic carbocycles. The number of carbonyl (C=O) groups excluding carboxylic acids is 2. The molecule has 3 amide bonds. The van der Waals surface area contributed by atoms with Gasteiger partial charge in [0.1, 0.15) is 0 Å². The zero-order chi connectivity index (χ0) is 16.0. The number of urea groups is 1. The minimum absolute atomic E-state index is 0.0868. The van der Waals surface area contributed by atoms with Gasteiger partial charge in [0, 0.05) is 0 Å². The summed E-state index contributed by atoms with van der Waals surface area (Å²) in [7, 11) is -2.07. The number of imide groups is 1. The Morgan fingerprint density at radius 3 is 1.87 bits per heavy atom. The minimum atomic E-state index is -2.07. The van der Waals surface area contributed by atoms with E-state index >= 15 is 0 Å². The van der Waals surface area contributed by atoms with Gasteiger partial charge in [-0.15, -0.1) is 0 Å². The first-order valence-corrected chi connectivity index (χ1v) is 8.12.